The van der Waals surface area contributed by atoms with Crippen molar-refractivity contribution in [2.75, 3.05) is 23.7 Å². The molecular formula is C25H36F3N5O2. The first-order valence-electron chi connectivity index (χ1n) is 11.7. The van der Waals surface area contributed by atoms with E-state index in [1.807, 2.05) is 48.5 Å². The average molecular weight is 496 g/mol. The highest BCUT2D eigenvalue weighted by Crippen LogP contribution is 2.34. The Morgan fingerprint density at radius 3 is 2.20 bits per heavy atom. The molecule has 0 atom stereocenters. The molecule has 194 valence electrons. The summed E-state index contributed by atoms with van der Waals surface area (Å²) in [4.78, 5) is 27.1. The normalized spacial score (nSPS) is 12.4. The van der Waals surface area contributed by atoms with Crippen molar-refractivity contribution in [2.24, 2.45) is 0 Å². The summed E-state index contributed by atoms with van der Waals surface area (Å²) >= 11 is 0. The first-order valence-corrected chi connectivity index (χ1v) is 11.7. The van der Waals surface area contributed by atoms with Crippen LogP contribution in [0.15, 0.2) is 30.3 Å². The molecule has 0 radical (unpaired) electrons. The molecule has 0 saturated heterocycles. The number of nitrogens with one attached hydrogen (secondary N) is 2. The molecule has 1 aromatic heterocycles. The molecule has 7 nitrogen and oxygen atoms in total. The van der Waals surface area contributed by atoms with Crippen molar-refractivity contribution in [1.82, 2.24) is 14.7 Å². The van der Waals surface area contributed by atoms with Crippen LogP contribution in [-0.4, -0.2) is 39.7 Å². The quantitative estimate of drug-likeness (QED) is 0.478. The molecule has 35 heavy (non-hydrogen) atoms. The molecule has 0 aliphatic heterocycles. The molecule has 1 aromatic carbocycles. The maximum Gasteiger partial charge on any atom is 0.418 e. The van der Waals surface area contributed by atoms with E-state index in [1.165, 1.54) is 23.1 Å². The van der Waals surface area contributed by atoms with Crippen molar-refractivity contribution >= 4 is 23.4 Å². The van der Waals surface area contributed by atoms with Gasteiger partial charge in [-0.1, -0.05) is 46.2 Å². The number of alkyl halides is 3. The fourth-order valence-electron chi connectivity index (χ4n) is 3.34. The second-order valence-electron chi connectivity index (χ2n) is 10.5. The smallest absolute Gasteiger partial charge is 0.315 e. The first kappa shape index (κ1) is 28.2. The van der Waals surface area contributed by atoms with Gasteiger partial charge >= 0.3 is 12.2 Å². The third-order valence-corrected chi connectivity index (χ3v) is 5.26. The zero-order chi connectivity index (χ0) is 26.6. The van der Waals surface area contributed by atoms with E-state index in [-0.39, 0.29) is 24.2 Å². The lowest BCUT2D eigenvalue weighted by Crippen LogP contribution is -2.42. The number of rotatable bonds is 7. The molecule has 0 aliphatic carbocycles. The van der Waals surface area contributed by atoms with Crippen LogP contribution in [0.5, 0.6) is 0 Å². The summed E-state index contributed by atoms with van der Waals surface area (Å²) in [5.74, 6) is 0.0249. The highest BCUT2D eigenvalue weighted by Gasteiger charge is 2.34. The largest absolute Gasteiger partial charge is 0.418 e. The highest BCUT2D eigenvalue weighted by molar-refractivity contribution is 5.97. The summed E-state index contributed by atoms with van der Waals surface area (Å²) in [5.41, 5.74) is -1.15. The molecule has 2 aromatic rings. The SMILES string of the molecule is CCCCN(CC(=O)Nc1cc(C(C)(C)C)nn1C(C)(C)C)C(=O)Nc1ccccc1C(F)(F)F. The molecule has 0 unspecified atom stereocenters. The van der Waals surface area contributed by atoms with Crippen molar-refractivity contribution in [2.45, 2.75) is 78.4 Å². The predicted octanol–water partition coefficient (Wildman–Crippen LogP) is 6.23. The van der Waals surface area contributed by atoms with E-state index < -0.39 is 29.2 Å². The van der Waals surface area contributed by atoms with Gasteiger partial charge in [-0.25, -0.2) is 9.48 Å². The number of anilines is 2. The predicted molar refractivity (Wildman–Crippen MR) is 131 cm³/mol. The van der Waals surface area contributed by atoms with Crippen LogP contribution in [0.1, 0.15) is 72.6 Å². The van der Waals surface area contributed by atoms with Crippen LogP contribution >= 0.6 is 0 Å². The lowest BCUT2D eigenvalue weighted by molar-refractivity contribution is -0.137. The van der Waals surface area contributed by atoms with Gasteiger partial charge in [0.2, 0.25) is 5.91 Å². The van der Waals surface area contributed by atoms with E-state index in [0.717, 1.165) is 18.2 Å². The van der Waals surface area contributed by atoms with E-state index in [2.05, 4.69) is 15.7 Å². The Balaban J connectivity index is 2.24. The van der Waals surface area contributed by atoms with Gasteiger partial charge in [-0.05, 0) is 39.3 Å². The number of urea groups is 1. The molecule has 2 N–H and O–H groups in total. The third kappa shape index (κ3) is 7.73. The summed E-state index contributed by atoms with van der Waals surface area (Å²) in [6.45, 7) is 13.8. The van der Waals surface area contributed by atoms with Crippen LogP contribution < -0.4 is 10.6 Å². The molecule has 0 spiro atoms. The summed E-state index contributed by atoms with van der Waals surface area (Å²) in [5, 5.41) is 9.82. The van der Waals surface area contributed by atoms with Gasteiger partial charge in [0.25, 0.3) is 0 Å². The number of unbranched alkanes of at least 4 members (excludes halogenated alkanes) is 1. The van der Waals surface area contributed by atoms with Gasteiger partial charge < -0.3 is 15.5 Å². The Morgan fingerprint density at radius 1 is 1.03 bits per heavy atom. The van der Waals surface area contributed by atoms with Crippen molar-refractivity contribution in [3.05, 3.63) is 41.6 Å². The number of para-hydroxylation sites is 1. The number of hydrogen-bond donors (Lipinski definition) is 2. The van der Waals surface area contributed by atoms with E-state index >= 15 is 0 Å². The van der Waals surface area contributed by atoms with Crippen molar-refractivity contribution in [3.63, 3.8) is 0 Å². The molecule has 2 rings (SSSR count). The maximum atomic E-state index is 13.3. The Morgan fingerprint density at radius 2 is 1.66 bits per heavy atom. The lowest BCUT2D eigenvalue weighted by Gasteiger charge is -2.25. The standard InChI is InChI=1S/C25H36F3N5O2/c1-8-9-14-32(22(35)29-18-13-11-10-12-17(18)25(26,27)28)16-21(34)30-20-15-19(23(2,3)4)31-33(20)24(5,6)7/h10-13,15H,8-9,14,16H2,1-7H3,(H,29,35)(H,30,34). The van der Waals surface area contributed by atoms with E-state index in [4.69, 9.17) is 0 Å². The number of nitrogens with zero attached hydrogens (tertiary/aromatic N) is 3. The summed E-state index contributed by atoms with van der Waals surface area (Å²) < 4.78 is 41.7. The van der Waals surface area contributed by atoms with Crippen LogP contribution in [0.25, 0.3) is 0 Å². The minimum atomic E-state index is -4.62. The molecule has 3 amide bonds. The van der Waals surface area contributed by atoms with E-state index in [1.54, 1.807) is 10.7 Å². The Kier molecular flexibility index (Phi) is 8.62. The van der Waals surface area contributed by atoms with Crippen molar-refractivity contribution < 1.29 is 22.8 Å². The third-order valence-electron chi connectivity index (χ3n) is 5.26. The van der Waals surface area contributed by atoms with Crippen LogP contribution in [0.3, 0.4) is 0 Å². The highest BCUT2D eigenvalue weighted by atomic mass is 19.4. The van der Waals surface area contributed by atoms with Gasteiger partial charge in [0.1, 0.15) is 12.4 Å². The number of aromatic nitrogens is 2. The zero-order valence-corrected chi connectivity index (χ0v) is 21.5. The second-order valence-corrected chi connectivity index (χ2v) is 10.5. The Hall–Kier alpha value is -3.04. The van der Waals surface area contributed by atoms with Gasteiger partial charge in [-0.15, -0.1) is 0 Å². The monoisotopic (exact) mass is 495 g/mol. The molecule has 1 heterocycles. The zero-order valence-electron chi connectivity index (χ0n) is 21.5. The van der Waals surface area contributed by atoms with Gasteiger partial charge in [0.05, 0.1) is 22.5 Å². The van der Waals surface area contributed by atoms with Crippen molar-refractivity contribution in [1.29, 1.82) is 0 Å². The molecule has 0 saturated carbocycles. The number of amides is 3. The number of benzene rings is 1. The molecule has 0 fully saturated rings. The number of hydrogen-bond acceptors (Lipinski definition) is 3. The van der Waals surface area contributed by atoms with Crippen LogP contribution in [0.2, 0.25) is 0 Å². The number of halogens is 3. The lowest BCUT2D eigenvalue weighted by atomic mass is 9.92. The fourth-order valence-corrected chi connectivity index (χ4v) is 3.34. The van der Waals surface area contributed by atoms with Crippen molar-refractivity contribution in [3.8, 4) is 0 Å². The van der Waals surface area contributed by atoms with Gasteiger partial charge in [-0.3, -0.25) is 4.79 Å². The second kappa shape index (κ2) is 10.7. The Labute approximate surface area is 205 Å². The number of carbonyl (C=O) groups excluding carboxylic acids is 2. The Bertz CT molecular complexity index is 1030. The number of carbonyl (C=O) groups is 2. The van der Waals surface area contributed by atoms with E-state index in [0.29, 0.717) is 12.2 Å². The minimum absolute atomic E-state index is 0.218. The molecule has 0 aliphatic rings. The molecule has 0 bridgehead atoms. The maximum absolute atomic E-state index is 13.3. The van der Waals surface area contributed by atoms with Gasteiger partial charge in [0.15, 0.2) is 0 Å². The van der Waals surface area contributed by atoms with Crippen LogP contribution in [-0.2, 0) is 21.9 Å². The molecule has 10 heteroatoms. The van der Waals surface area contributed by atoms with Crippen LogP contribution in [0, 0.1) is 0 Å². The first-order chi connectivity index (χ1) is 16.0. The van der Waals surface area contributed by atoms with Gasteiger partial charge in [0, 0.05) is 18.0 Å². The van der Waals surface area contributed by atoms with Gasteiger partial charge in [-0.2, -0.15) is 18.3 Å². The average Bonchev–Trinajstić information content (AvgIpc) is 3.15. The summed E-state index contributed by atoms with van der Waals surface area (Å²) in [6.07, 6.45) is -3.28. The minimum Gasteiger partial charge on any atom is -0.315 e. The summed E-state index contributed by atoms with van der Waals surface area (Å²) in [7, 11) is 0. The summed E-state index contributed by atoms with van der Waals surface area (Å²) in [6, 6.07) is 5.79. The topological polar surface area (TPSA) is 79.3 Å². The molecular weight excluding hydrogens is 459 g/mol. The van der Waals surface area contributed by atoms with Crippen LogP contribution in [0.4, 0.5) is 29.5 Å². The van der Waals surface area contributed by atoms with E-state index in [9.17, 15) is 22.8 Å². The fraction of sp³-hybridized carbons (Fsp3) is 0.560.